The molecule has 0 bridgehead atoms. The molecule has 0 atom stereocenters. The van der Waals surface area contributed by atoms with E-state index in [2.05, 4.69) is 6.92 Å². The number of amides is 1. The number of carbonyl (C=O) groups is 1. The zero-order chi connectivity index (χ0) is 14.5. The number of likely N-dealkylation sites (tertiary alicyclic amines) is 1. The van der Waals surface area contributed by atoms with Crippen LogP contribution in [0.25, 0.3) is 0 Å². The van der Waals surface area contributed by atoms with Gasteiger partial charge in [0, 0.05) is 32.4 Å². The molecule has 0 aliphatic carbocycles. The fraction of sp³-hybridized carbons (Fsp3) is 0.800. The van der Waals surface area contributed by atoms with E-state index in [9.17, 15) is 4.79 Å². The molecule has 0 aromatic heterocycles. The summed E-state index contributed by atoms with van der Waals surface area (Å²) in [5.41, 5.74) is -0.426. The van der Waals surface area contributed by atoms with E-state index in [4.69, 9.17) is 9.47 Å². The quantitative estimate of drug-likeness (QED) is 0.733. The number of rotatable bonds is 3. The van der Waals surface area contributed by atoms with Crippen LogP contribution in [0, 0.1) is 0 Å². The van der Waals surface area contributed by atoms with E-state index >= 15 is 0 Å². The summed E-state index contributed by atoms with van der Waals surface area (Å²) in [6, 6.07) is 0. The lowest BCUT2D eigenvalue weighted by Crippen LogP contribution is -2.43. The lowest BCUT2D eigenvalue weighted by molar-refractivity contribution is 0.00360. The molecule has 0 radical (unpaired) electrons. The summed E-state index contributed by atoms with van der Waals surface area (Å²) < 4.78 is 11.3. The maximum atomic E-state index is 11.9. The van der Waals surface area contributed by atoms with Gasteiger partial charge in [0.15, 0.2) is 0 Å². The van der Waals surface area contributed by atoms with Gasteiger partial charge in [-0.3, -0.25) is 0 Å². The Kier molecular flexibility index (Phi) is 5.70. The molecule has 4 nitrogen and oxygen atoms in total. The van der Waals surface area contributed by atoms with Crippen molar-refractivity contribution in [3.05, 3.63) is 11.8 Å². The van der Waals surface area contributed by atoms with Crippen LogP contribution in [-0.4, -0.2) is 35.8 Å². The van der Waals surface area contributed by atoms with Crippen LogP contribution in [0.3, 0.4) is 0 Å². The van der Waals surface area contributed by atoms with Gasteiger partial charge >= 0.3 is 6.09 Å². The minimum absolute atomic E-state index is 0.215. The van der Waals surface area contributed by atoms with Crippen LogP contribution < -0.4 is 0 Å². The van der Waals surface area contributed by atoms with Gasteiger partial charge in [-0.15, -0.1) is 0 Å². The summed E-state index contributed by atoms with van der Waals surface area (Å²) in [6.07, 6.45) is 4.69. The zero-order valence-electron chi connectivity index (χ0n) is 12.9. The van der Waals surface area contributed by atoms with Gasteiger partial charge in [0.05, 0.1) is 5.76 Å². The van der Waals surface area contributed by atoms with Crippen molar-refractivity contribution in [2.24, 2.45) is 0 Å². The van der Waals surface area contributed by atoms with Crippen LogP contribution in [0.5, 0.6) is 0 Å². The number of nitrogens with zero attached hydrogens (tertiary/aromatic N) is 1. The van der Waals surface area contributed by atoms with E-state index < -0.39 is 5.60 Å². The topological polar surface area (TPSA) is 38.8 Å². The Hall–Kier alpha value is -1.19. The largest absolute Gasteiger partial charge is 0.495 e. The van der Waals surface area contributed by atoms with Gasteiger partial charge in [-0.05, 0) is 33.8 Å². The van der Waals surface area contributed by atoms with E-state index in [0.717, 1.165) is 25.0 Å². The highest BCUT2D eigenvalue weighted by molar-refractivity contribution is 5.68. The van der Waals surface area contributed by atoms with Crippen molar-refractivity contribution in [2.75, 3.05) is 13.1 Å². The van der Waals surface area contributed by atoms with Gasteiger partial charge in [-0.2, -0.15) is 0 Å². The number of hydrogen-bond donors (Lipinski definition) is 0. The second-order valence-corrected chi connectivity index (χ2v) is 5.89. The van der Waals surface area contributed by atoms with Crippen LogP contribution in [0.1, 0.15) is 53.9 Å². The Balaban J connectivity index is 2.38. The van der Waals surface area contributed by atoms with Crippen molar-refractivity contribution in [3.63, 3.8) is 0 Å². The molecule has 1 fully saturated rings. The average Bonchev–Trinajstić information content (AvgIpc) is 2.34. The maximum absolute atomic E-state index is 11.9. The van der Waals surface area contributed by atoms with Crippen molar-refractivity contribution in [3.8, 4) is 0 Å². The van der Waals surface area contributed by atoms with Crippen molar-refractivity contribution in [1.82, 2.24) is 4.90 Å². The van der Waals surface area contributed by atoms with E-state index in [0.29, 0.717) is 13.1 Å². The summed E-state index contributed by atoms with van der Waals surface area (Å²) in [6.45, 7) is 11.2. The van der Waals surface area contributed by atoms with Crippen LogP contribution in [0.15, 0.2) is 11.8 Å². The number of hydrogen-bond acceptors (Lipinski definition) is 3. The maximum Gasteiger partial charge on any atom is 0.410 e. The molecule has 19 heavy (non-hydrogen) atoms. The van der Waals surface area contributed by atoms with Crippen molar-refractivity contribution < 1.29 is 14.3 Å². The minimum atomic E-state index is -0.426. The number of ether oxygens (including phenoxy) is 2. The van der Waals surface area contributed by atoms with E-state index in [-0.39, 0.29) is 12.2 Å². The van der Waals surface area contributed by atoms with Gasteiger partial charge in [-0.1, -0.05) is 6.92 Å². The molecule has 1 aliphatic heterocycles. The zero-order valence-corrected chi connectivity index (χ0v) is 12.9. The van der Waals surface area contributed by atoms with E-state index in [1.54, 1.807) is 4.90 Å². The van der Waals surface area contributed by atoms with Gasteiger partial charge in [0.25, 0.3) is 0 Å². The smallest absolute Gasteiger partial charge is 0.410 e. The Labute approximate surface area is 116 Å². The van der Waals surface area contributed by atoms with Crippen LogP contribution >= 0.6 is 0 Å². The monoisotopic (exact) mass is 269 g/mol. The Morgan fingerprint density at radius 3 is 2.32 bits per heavy atom. The van der Waals surface area contributed by atoms with Crippen LogP contribution in [0.4, 0.5) is 4.79 Å². The second kappa shape index (κ2) is 6.83. The van der Waals surface area contributed by atoms with E-state index in [1.165, 1.54) is 0 Å². The predicted molar refractivity (Wildman–Crippen MR) is 76.0 cm³/mol. The van der Waals surface area contributed by atoms with E-state index in [1.807, 2.05) is 33.8 Å². The molecule has 0 aromatic rings. The van der Waals surface area contributed by atoms with Crippen molar-refractivity contribution in [1.29, 1.82) is 0 Å². The highest BCUT2D eigenvalue weighted by atomic mass is 16.6. The molecule has 0 saturated carbocycles. The van der Waals surface area contributed by atoms with Crippen LogP contribution in [0.2, 0.25) is 0 Å². The third-order valence-corrected chi connectivity index (χ3v) is 3.08. The van der Waals surface area contributed by atoms with Crippen molar-refractivity contribution >= 4 is 6.09 Å². The number of carbonyl (C=O) groups excluding carboxylic acids is 1. The lowest BCUT2D eigenvalue weighted by atomic mass is 10.1. The minimum Gasteiger partial charge on any atom is -0.495 e. The molecule has 1 aliphatic rings. The normalized spacial score (nSPS) is 18.4. The first kappa shape index (κ1) is 15.9. The summed E-state index contributed by atoms with van der Waals surface area (Å²) in [4.78, 5) is 13.7. The molecule has 0 N–H and O–H groups in total. The third kappa shape index (κ3) is 5.53. The molecule has 0 spiro atoms. The summed E-state index contributed by atoms with van der Waals surface area (Å²) in [7, 11) is 0. The molecule has 110 valence electrons. The molecule has 4 heteroatoms. The summed E-state index contributed by atoms with van der Waals surface area (Å²) in [5, 5.41) is 0. The predicted octanol–water partition coefficient (Wildman–Crippen LogP) is 3.72. The molecular formula is C15H27NO3. The summed E-state index contributed by atoms with van der Waals surface area (Å²) >= 11 is 0. The molecule has 1 amide bonds. The average molecular weight is 269 g/mol. The van der Waals surface area contributed by atoms with Gasteiger partial charge in [0.1, 0.15) is 11.7 Å². The second-order valence-electron chi connectivity index (χ2n) is 5.89. The van der Waals surface area contributed by atoms with Gasteiger partial charge in [-0.25, -0.2) is 4.79 Å². The molecule has 1 saturated heterocycles. The molecule has 1 heterocycles. The highest BCUT2D eigenvalue weighted by Crippen LogP contribution is 2.20. The fourth-order valence-corrected chi connectivity index (χ4v) is 2.05. The standard InChI is InChI=1S/C15H27NO3/c1-6-12(7-2)18-13-8-10-16(11-9-13)14(17)19-15(3,4)5/h6,13H,7-11H2,1-5H3. The highest BCUT2D eigenvalue weighted by Gasteiger charge is 2.27. The molecular weight excluding hydrogens is 242 g/mol. The number of piperidine rings is 1. The lowest BCUT2D eigenvalue weighted by Gasteiger charge is -2.33. The Morgan fingerprint density at radius 1 is 1.32 bits per heavy atom. The first-order valence-corrected chi connectivity index (χ1v) is 7.15. The van der Waals surface area contributed by atoms with Gasteiger partial charge < -0.3 is 14.4 Å². The fourth-order valence-electron chi connectivity index (χ4n) is 2.05. The Bertz CT molecular complexity index is 323. The first-order valence-electron chi connectivity index (χ1n) is 7.15. The summed E-state index contributed by atoms with van der Waals surface area (Å²) in [5.74, 6) is 1.04. The molecule has 0 aromatic carbocycles. The Morgan fingerprint density at radius 2 is 1.89 bits per heavy atom. The molecule has 1 rings (SSSR count). The van der Waals surface area contributed by atoms with Crippen molar-refractivity contribution in [2.45, 2.75) is 65.6 Å². The third-order valence-electron chi connectivity index (χ3n) is 3.08. The van der Waals surface area contributed by atoms with Crippen LogP contribution in [-0.2, 0) is 9.47 Å². The molecule has 0 unspecified atom stereocenters. The number of allylic oxidation sites excluding steroid dienone is 2. The first-order chi connectivity index (χ1) is 8.85. The van der Waals surface area contributed by atoms with Gasteiger partial charge in [0.2, 0.25) is 0 Å². The SMILES string of the molecule is CC=C(CC)OC1CCN(C(=O)OC(C)(C)C)CC1.